The van der Waals surface area contributed by atoms with Crippen LogP contribution in [-0.4, -0.2) is 61.1 Å². The zero-order valence-corrected chi connectivity index (χ0v) is 19.0. The number of fused-ring (bicyclic) bond motifs is 1. The Morgan fingerprint density at radius 1 is 1.35 bits per heavy atom. The normalized spacial score (nSPS) is 15.9. The molecule has 0 saturated heterocycles. The smallest absolute Gasteiger partial charge is 0.255 e. The van der Waals surface area contributed by atoms with Crippen molar-refractivity contribution in [2.75, 3.05) is 18.4 Å². The van der Waals surface area contributed by atoms with Gasteiger partial charge in [0.1, 0.15) is 23.7 Å². The first-order valence-corrected chi connectivity index (χ1v) is 11.1. The second-order valence-corrected chi connectivity index (χ2v) is 9.29. The number of hydrogen-bond acceptors (Lipinski definition) is 7. The van der Waals surface area contributed by atoms with Gasteiger partial charge in [-0.1, -0.05) is 0 Å². The van der Waals surface area contributed by atoms with Crippen LogP contribution in [0.25, 0.3) is 16.9 Å². The summed E-state index contributed by atoms with van der Waals surface area (Å²) < 4.78 is 15.9. The summed E-state index contributed by atoms with van der Waals surface area (Å²) in [7, 11) is 0. The largest absolute Gasteiger partial charge is 0.388 e. The predicted molar refractivity (Wildman–Crippen MR) is 124 cm³/mol. The lowest BCUT2D eigenvalue weighted by atomic mass is 9.80. The number of aromatic nitrogens is 3. The van der Waals surface area contributed by atoms with Crippen LogP contribution in [0.2, 0.25) is 0 Å². The zero-order valence-electron chi connectivity index (χ0n) is 19.0. The van der Waals surface area contributed by atoms with Gasteiger partial charge in [-0.25, -0.2) is 14.4 Å². The molecule has 34 heavy (non-hydrogen) atoms. The molecule has 1 aliphatic carbocycles. The summed E-state index contributed by atoms with van der Waals surface area (Å²) >= 11 is 0. The van der Waals surface area contributed by atoms with Crippen molar-refractivity contribution in [1.82, 2.24) is 19.9 Å². The molecule has 1 atom stereocenters. The monoisotopic (exact) mass is 466 g/mol. The van der Waals surface area contributed by atoms with Crippen molar-refractivity contribution in [3.05, 3.63) is 47.9 Å². The summed E-state index contributed by atoms with van der Waals surface area (Å²) in [5.41, 5.74) is -0.769. The molecule has 0 bridgehead atoms. The van der Waals surface area contributed by atoms with Crippen LogP contribution in [0.1, 0.15) is 49.0 Å². The van der Waals surface area contributed by atoms with Crippen molar-refractivity contribution in [1.29, 1.82) is 5.26 Å². The average Bonchev–Trinajstić information content (AvgIpc) is 3.22. The van der Waals surface area contributed by atoms with Gasteiger partial charge in [0, 0.05) is 36.6 Å². The molecule has 178 valence electrons. The summed E-state index contributed by atoms with van der Waals surface area (Å²) in [4.78, 5) is 21.6. The van der Waals surface area contributed by atoms with Crippen molar-refractivity contribution in [2.45, 2.75) is 50.5 Å². The van der Waals surface area contributed by atoms with Gasteiger partial charge in [-0.15, -0.1) is 0 Å². The number of pyridine rings is 2. The Labute approximate surface area is 196 Å². The number of rotatable bonds is 8. The van der Waals surface area contributed by atoms with E-state index in [0.717, 1.165) is 11.8 Å². The predicted octanol–water partition coefficient (Wildman–Crippen LogP) is 2.46. The van der Waals surface area contributed by atoms with Crippen molar-refractivity contribution in [3.8, 4) is 11.9 Å². The van der Waals surface area contributed by atoms with Gasteiger partial charge in [0.05, 0.1) is 34.6 Å². The third kappa shape index (κ3) is 4.85. The van der Waals surface area contributed by atoms with Crippen LogP contribution in [0.3, 0.4) is 0 Å². The standard InChI is InChI=1S/C24H27FN6O3/c1-23(2,33)19(25)13-29-22(32)17-12-27-20(9-18(17)30-14-24(34)5-3-6-24)31-7-4-16-8-15(10-26)11-28-21(16)31/h4,7-9,11-12,19,33-34H,3,5-6,13-14H2,1-2H3,(H,27,30)(H,29,32). The topological polar surface area (TPSA) is 136 Å². The van der Waals surface area contributed by atoms with Crippen molar-refractivity contribution in [3.63, 3.8) is 0 Å². The SMILES string of the molecule is CC(C)(O)C(F)CNC(=O)c1cnc(-n2ccc3cc(C#N)cnc32)cc1NCC1(O)CCC1. The Bertz CT molecular complexity index is 1260. The lowest BCUT2D eigenvalue weighted by Gasteiger charge is -2.37. The van der Waals surface area contributed by atoms with Crippen LogP contribution < -0.4 is 10.6 Å². The van der Waals surface area contributed by atoms with E-state index in [9.17, 15) is 19.4 Å². The Balaban J connectivity index is 1.64. The highest BCUT2D eigenvalue weighted by atomic mass is 19.1. The van der Waals surface area contributed by atoms with Gasteiger partial charge in [0.25, 0.3) is 5.91 Å². The average molecular weight is 467 g/mol. The fraction of sp³-hybridized carbons (Fsp3) is 0.417. The highest BCUT2D eigenvalue weighted by Gasteiger charge is 2.34. The first kappa shape index (κ1) is 23.6. The molecule has 0 radical (unpaired) electrons. The summed E-state index contributed by atoms with van der Waals surface area (Å²) in [6.45, 7) is 2.56. The molecule has 1 unspecified atom stereocenters. The minimum Gasteiger partial charge on any atom is -0.388 e. The second-order valence-electron chi connectivity index (χ2n) is 9.29. The fourth-order valence-corrected chi connectivity index (χ4v) is 3.72. The summed E-state index contributed by atoms with van der Waals surface area (Å²) in [6.07, 6.45) is 5.25. The molecule has 1 fully saturated rings. The van der Waals surface area contributed by atoms with E-state index in [-0.39, 0.29) is 18.7 Å². The molecule has 3 aromatic rings. The van der Waals surface area contributed by atoms with Crippen molar-refractivity contribution in [2.24, 2.45) is 0 Å². The first-order valence-electron chi connectivity index (χ1n) is 11.1. The molecular formula is C24H27FN6O3. The molecule has 1 aliphatic rings. The Morgan fingerprint density at radius 2 is 2.12 bits per heavy atom. The number of nitrogens with one attached hydrogen (secondary N) is 2. The second kappa shape index (κ2) is 9.00. The Kier molecular flexibility index (Phi) is 6.25. The summed E-state index contributed by atoms with van der Waals surface area (Å²) in [5.74, 6) is -0.0742. The van der Waals surface area contributed by atoms with Gasteiger partial charge in [0.15, 0.2) is 0 Å². The Morgan fingerprint density at radius 3 is 2.76 bits per heavy atom. The van der Waals surface area contributed by atoms with Gasteiger partial charge in [-0.2, -0.15) is 5.26 Å². The zero-order chi connectivity index (χ0) is 24.5. The third-order valence-corrected chi connectivity index (χ3v) is 6.14. The van der Waals surface area contributed by atoms with E-state index in [0.29, 0.717) is 35.6 Å². The number of nitrogens with zero attached hydrogens (tertiary/aromatic N) is 4. The maximum absolute atomic E-state index is 14.1. The highest BCUT2D eigenvalue weighted by Crippen LogP contribution is 2.32. The number of anilines is 1. The number of halogens is 1. The van der Waals surface area contributed by atoms with Crippen LogP contribution in [0, 0.1) is 11.3 Å². The first-order chi connectivity index (χ1) is 16.1. The number of amides is 1. The van der Waals surface area contributed by atoms with E-state index in [1.807, 2.05) is 6.07 Å². The number of alkyl halides is 1. The molecule has 0 aromatic carbocycles. The van der Waals surface area contributed by atoms with Gasteiger partial charge in [0.2, 0.25) is 0 Å². The highest BCUT2D eigenvalue weighted by molar-refractivity contribution is 5.99. The minimum absolute atomic E-state index is 0.186. The fourth-order valence-electron chi connectivity index (χ4n) is 3.72. The van der Waals surface area contributed by atoms with Gasteiger partial charge < -0.3 is 20.8 Å². The van der Waals surface area contributed by atoms with Crippen molar-refractivity contribution < 1.29 is 19.4 Å². The summed E-state index contributed by atoms with van der Waals surface area (Å²) in [6, 6.07) is 7.26. The number of carbonyl (C=O) groups excluding carboxylic acids is 1. The van der Waals surface area contributed by atoms with E-state index in [2.05, 4.69) is 26.7 Å². The van der Waals surface area contributed by atoms with E-state index < -0.39 is 23.3 Å². The van der Waals surface area contributed by atoms with Gasteiger partial charge in [-0.3, -0.25) is 9.36 Å². The van der Waals surface area contributed by atoms with Crippen molar-refractivity contribution >= 4 is 22.6 Å². The van der Waals surface area contributed by atoms with Crippen LogP contribution >= 0.6 is 0 Å². The number of hydrogen-bond donors (Lipinski definition) is 4. The molecule has 0 aliphatic heterocycles. The molecule has 4 rings (SSSR count). The molecule has 3 heterocycles. The Hall–Kier alpha value is -3.55. The van der Waals surface area contributed by atoms with E-state index in [4.69, 9.17) is 5.26 Å². The lowest BCUT2D eigenvalue weighted by molar-refractivity contribution is -0.0202. The molecule has 1 amide bonds. The quantitative estimate of drug-likeness (QED) is 0.400. The molecule has 9 nitrogen and oxygen atoms in total. The van der Waals surface area contributed by atoms with E-state index in [1.54, 1.807) is 22.9 Å². The van der Waals surface area contributed by atoms with E-state index >= 15 is 0 Å². The van der Waals surface area contributed by atoms with Crippen LogP contribution in [0.4, 0.5) is 10.1 Å². The number of nitriles is 1. The maximum Gasteiger partial charge on any atom is 0.255 e. The van der Waals surface area contributed by atoms with Crippen LogP contribution in [0.15, 0.2) is 36.8 Å². The van der Waals surface area contributed by atoms with Crippen LogP contribution in [-0.2, 0) is 0 Å². The third-order valence-electron chi connectivity index (χ3n) is 6.14. The van der Waals surface area contributed by atoms with Crippen LogP contribution in [0.5, 0.6) is 0 Å². The molecular weight excluding hydrogens is 439 g/mol. The van der Waals surface area contributed by atoms with Gasteiger partial charge >= 0.3 is 0 Å². The molecule has 3 aromatic heterocycles. The summed E-state index contributed by atoms with van der Waals surface area (Å²) in [5, 5.41) is 35.8. The maximum atomic E-state index is 14.1. The number of carbonyl (C=O) groups is 1. The molecule has 0 spiro atoms. The van der Waals surface area contributed by atoms with Gasteiger partial charge in [-0.05, 0) is 45.2 Å². The molecule has 1 saturated carbocycles. The molecule has 10 heteroatoms. The van der Waals surface area contributed by atoms with E-state index in [1.165, 1.54) is 26.2 Å². The minimum atomic E-state index is -1.65. The lowest BCUT2D eigenvalue weighted by Crippen LogP contribution is -2.44. The number of aliphatic hydroxyl groups is 2. The molecule has 4 N–H and O–H groups in total.